The first kappa shape index (κ1) is 17.9. The number of nitrogens with one attached hydrogen (secondary N) is 1. The number of rotatable bonds is 9. The molecule has 1 heterocycles. The van der Waals surface area contributed by atoms with Crippen molar-refractivity contribution < 1.29 is 13.5 Å². The van der Waals surface area contributed by atoms with Gasteiger partial charge in [-0.1, -0.05) is 6.92 Å². The first-order valence-corrected chi connectivity index (χ1v) is 8.70. The summed E-state index contributed by atoms with van der Waals surface area (Å²) in [6.07, 6.45) is 2.77. The fourth-order valence-electron chi connectivity index (χ4n) is 1.91. The molecule has 1 aromatic heterocycles. The van der Waals surface area contributed by atoms with Gasteiger partial charge in [0.15, 0.2) is 0 Å². The SMILES string of the molecule is CCCNc1ccc(S(=O)(=O)N(CCCO)C(C)C)cn1. The fraction of sp³-hybridized carbons (Fsp3) is 0.643. The van der Waals surface area contributed by atoms with E-state index in [9.17, 15) is 8.42 Å². The number of hydrogen-bond donors (Lipinski definition) is 2. The molecule has 21 heavy (non-hydrogen) atoms. The van der Waals surface area contributed by atoms with Crippen molar-refractivity contribution in [2.45, 2.75) is 44.6 Å². The molecule has 0 atom stereocenters. The Morgan fingerprint density at radius 2 is 2.10 bits per heavy atom. The van der Waals surface area contributed by atoms with Crippen LogP contribution >= 0.6 is 0 Å². The summed E-state index contributed by atoms with van der Waals surface area (Å²) in [4.78, 5) is 4.32. The molecule has 0 radical (unpaired) electrons. The standard InChI is InChI=1S/C14H25N3O3S/c1-4-8-15-14-7-6-13(11-16-14)21(19,20)17(12(2)3)9-5-10-18/h6-7,11-12,18H,4-5,8-10H2,1-3H3,(H,15,16). The molecule has 0 amide bonds. The maximum atomic E-state index is 12.6. The van der Waals surface area contributed by atoms with E-state index >= 15 is 0 Å². The minimum absolute atomic E-state index is 0.0309. The monoisotopic (exact) mass is 315 g/mol. The van der Waals surface area contributed by atoms with E-state index in [4.69, 9.17) is 5.11 Å². The van der Waals surface area contributed by atoms with Crippen LogP contribution in [0.3, 0.4) is 0 Å². The number of aromatic nitrogens is 1. The summed E-state index contributed by atoms with van der Waals surface area (Å²) >= 11 is 0. The lowest BCUT2D eigenvalue weighted by molar-refractivity contribution is 0.258. The van der Waals surface area contributed by atoms with E-state index in [-0.39, 0.29) is 17.5 Å². The molecular weight excluding hydrogens is 290 g/mol. The van der Waals surface area contributed by atoms with Gasteiger partial charge in [-0.3, -0.25) is 0 Å². The molecule has 0 aliphatic rings. The molecule has 0 aliphatic carbocycles. The topological polar surface area (TPSA) is 82.5 Å². The zero-order valence-corrected chi connectivity index (χ0v) is 13.7. The minimum Gasteiger partial charge on any atom is -0.396 e. The van der Waals surface area contributed by atoms with Crippen LogP contribution in [0.5, 0.6) is 0 Å². The van der Waals surface area contributed by atoms with Gasteiger partial charge in [0.25, 0.3) is 0 Å². The normalized spacial score (nSPS) is 12.1. The smallest absolute Gasteiger partial charge is 0.244 e. The number of aliphatic hydroxyl groups excluding tert-OH is 1. The molecule has 0 bridgehead atoms. The first-order chi connectivity index (χ1) is 9.93. The van der Waals surface area contributed by atoms with E-state index in [2.05, 4.69) is 10.3 Å². The molecule has 7 heteroatoms. The van der Waals surface area contributed by atoms with Gasteiger partial charge in [0.2, 0.25) is 10.0 Å². The summed E-state index contributed by atoms with van der Waals surface area (Å²) in [5.41, 5.74) is 0. The van der Waals surface area contributed by atoms with Crippen LogP contribution in [0.1, 0.15) is 33.6 Å². The summed E-state index contributed by atoms with van der Waals surface area (Å²) in [6.45, 7) is 6.75. The molecule has 1 rings (SSSR count). The predicted octanol–water partition coefficient (Wildman–Crippen LogP) is 1.68. The van der Waals surface area contributed by atoms with Crippen LogP contribution in [-0.2, 0) is 10.0 Å². The summed E-state index contributed by atoms with van der Waals surface area (Å²) in [5, 5.41) is 12.0. The average Bonchev–Trinajstić information content (AvgIpc) is 2.45. The summed E-state index contributed by atoms with van der Waals surface area (Å²) < 4.78 is 26.6. The van der Waals surface area contributed by atoms with Crippen molar-refractivity contribution in [1.82, 2.24) is 9.29 Å². The molecule has 0 spiro atoms. The van der Waals surface area contributed by atoms with Gasteiger partial charge in [0, 0.05) is 31.9 Å². The Bertz CT molecular complexity index is 515. The third-order valence-corrected chi connectivity index (χ3v) is 5.07. The van der Waals surface area contributed by atoms with Crippen LogP contribution in [0.2, 0.25) is 0 Å². The highest BCUT2D eigenvalue weighted by Gasteiger charge is 2.26. The second-order valence-electron chi connectivity index (χ2n) is 5.09. The van der Waals surface area contributed by atoms with Gasteiger partial charge in [-0.2, -0.15) is 4.31 Å². The predicted molar refractivity (Wildman–Crippen MR) is 83.7 cm³/mol. The Morgan fingerprint density at radius 3 is 2.57 bits per heavy atom. The number of sulfonamides is 1. The van der Waals surface area contributed by atoms with Crippen LogP contribution in [-0.4, -0.2) is 48.6 Å². The zero-order valence-electron chi connectivity index (χ0n) is 12.9. The Hall–Kier alpha value is -1.18. The summed E-state index contributed by atoms with van der Waals surface area (Å²) in [5.74, 6) is 0.669. The lowest BCUT2D eigenvalue weighted by Crippen LogP contribution is -2.38. The van der Waals surface area contributed by atoms with Crippen molar-refractivity contribution in [3.8, 4) is 0 Å². The number of aliphatic hydroxyl groups is 1. The van der Waals surface area contributed by atoms with Gasteiger partial charge < -0.3 is 10.4 Å². The fourth-order valence-corrected chi connectivity index (χ4v) is 3.53. The highest BCUT2D eigenvalue weighted by atomic mass is 32.2. The Balaban J connectivity index is 2.94. The molecule has 0 unspecified atom stereocenters. The van der Waals surface area contributed by atoms with Gasteiger partial charge in [-0.15, -0.1) is 0 Å². The highest BCUT2D eigenvalue weighted by Crippen LogP contribution is 2.19. The van der Waals surface area contributed by atoms with Crippen molar-refractivity contribution in [2.75, 3.05) is 25.0 Å². The number of pyridine rings is 1. The first-order valence-electron chi connectivity index (χ1n) is 7.26. The van der Waals surface area contributed by atoms with E-state index in [1.807, 2.05) is 20.8 Å². The molecule has 6 nitrogen and oxygen atoms in total. The maximum Gasteiger partial charge on any atom is 0.244 e. The second kappa shape index (κ2) is 8.31. The lowest BCUT2D eigenvalue weighted by atomic mass is 10.3. The second-order valence-corrected chi connectivity index (χ2v) is 6.98. The average molecular weight is 315 g/mol. The van der Waals surface area contributed by atoms with Crippen molar-refractivity contribution >= 4 is 15.8 Å². The molecule has 0 aliphatic heterocycles. The van der Waals surface area contributed by atoms with Crippen molar-refractivity contribution in [3.05, 3.63) is 18.3 Å². The van der Waals surface area contributed by atoms with Crippen LogP contribution < -0.4 is 5.32 Å². The summed E-state index contributed by atoms with van der Waals surface area (Å²) in [6, 6.07) is 3.07. The largest absolute Gasteiger partial charge is 0.396 e. The van der Waals surface area contributed by atoms with Gasteiger partial charge >= 0.3 is 0 Å². The van der Waals surface area contributed by atoms with E-state index in [1.165, 1.54) is 10.5 Å². The van der Waals surface area contributed by atoms with Crippen molar-refractivity contribution in [3.63, 3.8) is 0 Å². The van der Waals surface area contributed by atoms with Crippen LogP contribution in [0.4, 0.5) is 5.82 Å². The molecule has 0 saturated carbocycles. The lowest BCUT2D eigenvalue weighted by Gasteiger charge is -2.25. The number of hydrogen-bond acceptors (Lipinski definition) is 5. The molecule has 0 aromatic carbocycles. The van der Waals surface area contributed by atoms with Gasteiger partial charge in [0.05, 0.1) is 0 Å². The molecular formula is C14H25N3O3S. The van der Waals surface area contributed by atoms with Crippen molar-refractivity contribution in [2.24, 2.45) is 0 Å². The number of nitrogens with zero attached hydrogens (tertiary/aromatic N) is 2. The zero-order chi connectivity index (χ0) is 15.9. The minimum atomic E-state index is -3.58. The van der Waals surface area contributed by atoms with E-state index < -0.39 is 10.0 Å². The molecule has 0 fully saturated rings. The van der Waals surface area contributed by atoms with E-state index in [0.29, 0.717) is 18.8 Å². The Labute approximate surface area is 127 Å². The van der Waals surface area contributed by atoms with Crippen LogP contribution in [0.15, 0.2) is 23.2 Å². The quantitative estimate of drug-likeness (QED) is 0.724. The van der Waals surface area contributed by atoms with E-state index in [1.54, 1.807) is 12.1 Å². The van der Waals surface area contributed by atoms with Crippen LogP contribution in [0, 0.1) is 0 Å². The third kappa shape index (κ3) is 4.94. The summed E-state index contributed by atoms with van der Waals surface area (Å²) in [7, 11) is -3.58. The third-order valence-electron chi connectivity index (χ3n) is 3.01. The molecule has 120 valence electrons. The van der Waals surface area contributed by atoms with Gasteiger partial charge in [-0.25, -0.2) is 13.4 Å². The molecule has 1 aromatic rings. The van der Waals surface area contributed by atoms with Gasteiger partial charge in [-0.05, 0) is 38.8 Å². The highest BCUT2D eigenvalue weighted by molar-refractivity contribution is 7.89. The van der Waals surface area contributed by atoms with Gasteiger partial charge in [0.1, 0.15) is 10.7 Å². The molecule has 0 saturated heterocycles. The Morgan fingerprint density at radius 1 is 1.38 bits per heavy atom. The molecule has 2 N–H and O–H groups in total. The van der Waals surface area contributed by atoms with Crippen LogP contribution in [0.25, 0.3) is 0 Å². The van der Waals surface area contributed by atoms with E-state index in [0.717, 1.165) is 13.0 Å². The number of anilines is 1. The van der Waals surface area contributed by atoms with Crippen molar-refractivity contribution in [1.29, 1.82) is 0 Å². The Kier molecular flexibility index (Phi) is 7.07. The maximum absolute atomic E-state index is 12.6.